The van der Waals surface area contributed by atoms with E-state index in [0.29, 0.717) is 5.92 Å². The lowest BCUT2D eigenvalue weighted by Gasteiger charge is -2.29. The molecule has 2 unspecified atom stereocenters. The summed E-state index contributed by atoms with van der Waals surface area (Å²) in [6.07, 6.45) is 6.67. The molecular weight excluding hydrogens is 196 g/mol. The lowest BCUT2D eigenvalue weighted by Crippen LogP contribution is -2.32. The maximum absolute atomic E-state index is 6.12. The molecule has 0 radical (unpaired) electrons. The van der Waals surface area contributed by atoms with Gasteiger partial charge in [-0.2, -0.15) is 0 Å². The van der Waals surface area contributed by atoms with Gasteiger partial charge < -0.3 is 4.74 Å². The van der Waals surface area contributed by atoms with Gasteiger partial charge in [0.15, 0.2) is 0 Å². The topological polar surface area (TPSA) is 9.23 Å². The van der Waals surface area contributed by atoms with Crippen LogP contribution in [0.4, 0.5) is 0 Å². The van der Waals surface area contributed by atoms with Crippen molar-refractivity contribution in [2.75, 3.05) is 0 Å². The largest absolute Gasteiger partial charge is 0.482 e. The summed E-state index contributed by atoms with van der Waals surface area (Å²) in [7, 11) is 0. The van der Waals surface area contributed by atoms with Gasteiger partial charge in [-0.25, -0.2) is 0 Å². The van der Waals surface area contributed by atoms with E-state index in [1.165, 1.54) is 16.7 Å². The van der Waals surface area contributed by atoms with Crippen LogP contribution in [0.3, 0.4) is 0 Å². The predicted octanol–water partition coefficient (Wildman–Crippen LogP) is 3.75. The standard InChI is InChI=1S/C15H16O/c1-10-4-6-12-13-7-5-11(2)9-15(13,3)16-14(12)8-10/h4-9,13H,1-3H3. The van der Waals surface area contributed by atoms with Crippen LogP contribution in [-0.4, -0.2) is 5.60 Å². The van der Waals surface area contributed by atoms with Crippen molar-refractivity contribution >= 4 is 0 Å². The van der Waals surface area contributed by atoms with E-state index in [-0.39, 0.29) is 5.60 Å². The minimum Gasteiger partial charge on any atom is -0.482 e. The predicted molar refractivity (Wildman–Crippen MR) is 65.9 cm³/mol. The second-order valence-electron chi connectivity index (χ2n) is 5.05. The number of ether oxygens (including phenoxy) is 1. The first kappa shape index (κ1) is 9.71. The number of hydrogen-bond donors (Lipinski definition) is 0. The summed E-state index contributed by atoms with van der Waals surface area (Å²) in [5.74, 6) is 1.41. The second kappa shape index (κ2) is 3.00. The molecule has 2 aliphatic rings. The van der Waals surface area contributed by atoms with Crippen molar-refractivity contribution in [2.45, 2.75) is 32.3 Å². The lowest BCUT2D eigenvalue weighted by atomic mass is 9.81. The quantitative estimate of drug-likeness (QED) is 0.636. The Labute approximate surface area is 96.4 Å². The van der Waals surface area contributed by atoms with Crippen molar-refractivity contribution in [3.05, 3.63) is 53.1 Å². The highest BCUT2D eigenvalue weighted by Gasteiger charge is 2.42. The first-order valence-corrected chi connectivity index (χ1v) is 5.76. The van der Waals surface area contributed by atoms with Gasteiger partial charge in [0.25, 0.3) is 0 Å². The number of aryl methyl sites for hydroxylation is 1. The first-order chi connectivity index (χ1) is 7.58. The molecule has 0 spiro atoms. The van der Waals surface area contributed by atoms with Gasteiger partial charge >= 0.3 is 0 Å². The van der Waals surface area contributed by atoms with Crippen LogP contribution < -0.4 is 4.74 Å². The third-order valence-corrected chi connectivity index (χ3v) is 3.52. The Morgan fingerprint density at radius 3 is 2.88 bits per heavy atom. The maximum Gasteiger partial charge on any atom is 0.135 e. The van der Waals surface area contributed by atoms with Crippen LogP contribution in [0.25, 0.3) is 0 Å². The van der Waals surface area contributed by atoms with Crippen LogP contribution in [0, 0.1) is 6.92 Å². The second-order valence-corrected chi connectivity index (χ2v) is 5.05. The molecule has 1 aliphatic carbocycles. The van der Waals surface area contributed by atoms with Gasteiger partial charge in [0, 0.05) is 11.5 Å². The Morgan fingerprint density at radius 1 is 1.25 bits per heavy atom. The fraction of sp³-hybridized carbons (Fsp3) is 0.333. The summed E-state index contributed by atoms with van der Waals surface area (Å²) in [6, 6.07) is 6.49. The normalized spacial score (nSPS) is 30.4. The SMILES string of the molecule is CC1=CC2(C)Oc3cc(C)ccc3C2C=C1. The monoisotopic (exact) mass is 212 g/mol. The van der Waals surface area contributed by atoms with Gasteiger partial charge in [-0.15, -0.1) is 0 Å². The Kier molecular flexibility index (Phi) is 1.82. The van der Waals surface area contributed by atoms with Crippen LogP contribution in [0.15, 0.2) is 42.0 Å². The van der Waals surface area contributed by atoms with Gasteiger partial charge in [-0.1, -0.05) is 29.9 Å². The van der Waals surface area contributed by atoms with E-state index in [1.807, 2.05) is 0 Å². The zero-order valence-corrected chi connectivity index (χ0v) is 9.95. The molecule has 0 saturated carbocycles. The maximum atomic E-state index is 6.12. The highest BCUT2D eigenvalue weighted by atomic mass is 16.5. The molecule has 1 aromatic rings. The molecule has 1 nitrogen and oxygen atoms in total. The number of hydrogen-bond acceptors (Lipinski definition) is 1. The molecule has 1 aromatic carbocycles. The Morgan fingerprint density at radius 2 is 2.06 bits per heavy atom. The third kappa shape index (κ3) is 1.24. The molecule has 1 heteroatoms. The van der Waals surface area contributed by atoms with Crippen molar-refractivity contribution < 1.29 is 4.74 Å². The minimum atomic E-state index is -0.186. The zero-order valence-electron chi connectivity index (χ0n) is 9.95. The van der Waals surface area contributed by atoms with Crippen LogP contribution in [0.2, 0.25) is 0 Å². The number of allylic oxidation sites excluding steroid dienone is 2. The first-order valence-electron chi connectivity index (χ1n) is 5.76. The number of benzene rings is 1. The number of rotatable bonds is 0. The molecule has 0 aromatic heterocycles. The fourth-order valence-corrected chi connectivity index (χ4v) is 2.76. The van der Waals surface area contributed by atoms with Gasteiger partial charge in [-0.3, -0.25) is 0 Å². The summed E-state index contributed by atoms with van der Waals surface area (Å²) < 4.78 is 6.12. The van der Waals surface area contributed by atoms with Crippen molar-refractivity contribution in [1.82, 2.24) is 0 Å². The minimum absolute atomic E-state index is 0.186. The smallest absolute Gasteiger partial charge is 0.135 e. The highest BCUT2D eigenvalue weighted by Crippen LogP contribution is 2.48. The summed E-state index contributed by atoms with van der Waals surface area (Å²) in [5.41, 5.74) is 3.66. The van der Waals surface area contributed by atoms with Crippen LogP contribution >= 0.6 is 0 Å². The van der Waals surface area contributed by atoms with Crippen molar-refractivity contribution in [1.29, 1.82) is 0 Å². The van der Waals surface area contributed by atoms with Crippen molar-refractivity contribution in [3.8, 4) is 5.75 Å². The third-order valence-electron chi connectivity index (χ3n) is 3.52. The van der Waals surface area contributed by atoms with Gasteiger partial charge in [0.2, 0.25) is 0 Å². The zero-order chi connectivity index (χ0) is 11.3. The molecule has 0 fully saturated rings. The molecule has 2 atom stereocenters. The molecule has 1 heterocycles. The van der Waals surface area contributed by atoms with Crippen LogP contribution in [-0.2, 0) is 0 Å². The van der Waals surface area contributed by atoms with Crippen LogP contribution in [0.1, 0.15) is 30.9 Å². The Bertz CT molecular complexity index is 510. The average Bonchev–Trinajstić information content (AvgIpc) is 2.47. The molecule has 16 heavy (non-hydrogen) atoms. The van der Waals surface area contributed by atoms with E-state index in [2.05, 4.69) is 57.2 Å². The molecule has 0 saturated heterocycles. The van der Waals surface area contributed by atoms with Gasteiger partial charge in [0.1, 0.15) is 11.4 Å². The summed E-state index contributed by atoms with van der Waals surface area (Å²) in [5, 5.41) is 0. The van der Waals surface area contributed by atoms with Crippen LogP contribution in [0.5, 0.6) is 5.75 Å². The summed E-state index contributed by atoms with van der Waals surface area (Å²) in [6.45, 7) is 6.39. The van der Waals surface area contributed by atoms with Crippen molar-refractivity contribution in [2.24, 2.45) is 0 Å². The molecule has 3 rings (SSSR count). The van der Waals surface area contributed by atoms with E-state index in [0.717, 1.165) is 5.75 Å². The van der Waals surface area contributed by atoms with Gasteiger partial charge in [0.05, 0.1) is 0 Å². The number of fused-ring (bicyclic) bond motifs is 3. The molecule has 1 aliphatic heterocycles. The molecule has 82 valence electrons. The van der Waals surface area contributed by atoms with E-state index in [9.17, 15) is 0 Å². The van der Waals surface area contributed by atoms with E-state index >= 15 is 0 Å². The Balaban J connectivity index is 2.14. The summed E-state index contributed by atoms with van der Waals surface area (Å²) >= 11 is 0. The molecule has 0 amide bonds. The fourth-order valence-electron chi connectivity index (χ4n) is 2.76. The van der Waals surface area contributed by atoms with E-state index in [1.54, 1.807) is 0 Å². The molecule has 0 N–H and O–H groups in total. The van der Waals surface area contributed by atoms with Crippen molar-refractivity contribution in [3.63, 3.8) is 0 Å². The average molecular weight is 212 g/mol. The van der Waals surface area contributed by atoms with E-state index in [4.69, 9.17) is 4.74 Å². The molecular formula is C15H16O. The Hall–Kier alpha value is -1.50. The van der Waals surface area contributed by atoms with Gasteiger partial charge in [-0.05, 0) is 38.5 Å². The summed E-state index contributed by atoms with van der Waals surface area (Å²) in [4.78, 5) is 0. The highest BCUT2D eigenvalue weighted by molar-refractivity contribution is 5.51. The van der Waals surface area contributed by atoms with E-state index < -0.39 is 0 Å². The lowest BCUT2D eigenvalue weighted by molar-refractivity contribution is 0.154. The molecule has 0 bridgehead atoms.